The molecule has 5 heteroatoms. The summed E-state index contributed by atoms with van der Waals surface area (Å²) in [5, 5.41) is 13.5. The Morgan fingerprint density at radius 3 is 2.70 bits per heavy atom. The third-order valence-electron chi connectivity index (χ3n) is 4.29. The van der Waals surface area contributed by atoms with Gasteiger partial charge in [0.15, 0.2) is 11.6 Å². The molecule has 2 aliphatic rings. The number of aromatic hydroxyl groups is 1. The van der Waals surface area contributed by atoms with Crippen LogP contribution in [0.15, 0.2) is 16.6 Å². The lowest BCUT2D eigenvalue weighted by Gasteiger charge is -2.36. The largest absolute Gasteiger partial charge is 0.505 e. The Morgan fingerprint density at radius 2 is 2.05 bits per heavy atom. The highest BCUT2D eigenvalue weighted by molar-refractivity contribution is 9.10. The summed E-state index contributed by atoms with van der Waals surface area (Å²) in [7, 11) is 0. The molecule has 3 nitrogen and oxygen atoms in total. The van der Waals surface area contributed by atoms with Crippen LogP contribution in [-0.2, 0) is 0 Å². The molecule has 1 heterocycles. The van der Waals surface area contributed by atoms with Gasteiger partial charge >= 0.3 is 0 Å². The zero-order valence-electron chi connectivity index (χ0n) is 11.4. The first kappa shape index (κ1) is 14.3. The second kappa shape index (κ2) is 6.00. The number of nitrogens with zero attached hydrogens (tertiary/aromatic N) is 1. The van der Waals surface area contributed by atoms with Gasteiger partial charge in [0.1, 0.15) is 0 Å². The molecular weight excluding hydrogens is 323 g/mol. The standard InChI is InChI=1S/C15H20BrFN2O/c16-11-3-4-12(17)15(20)14(11)13(9-10-1-2-10)19-7-5-18-6-8-19/h3-4,10,13,18,20H,1-2,5-9H2/t13-/m0/s1. The molecule has 3 rings (SSSR count). The molecule has 0 spiro atoms. The highest BCUT2D eigenvalue weighted by Gasteiger charge is 2.33. The van der Waals surface area contributed by atoms with Crippen molar-refractivity contribution in [3.05, 3.63) is 28.0 Å². The van der Waals surface area contributed by atoms with Crippen LogP contribution >= 0.6 is 15.9 Å². The monoisotopic (exact) mass is 342 g/mol. The Kier molecular flexibility index (Phi) is 4.29. The maximum atomic E-state index is 13.7. The summed E-state index contributed by atoms with van der Waals surface area (Å²) < 4.78 is 14.5. The van der Waals surface area contributed by atoms with Gasteiger partial charge in [0.25, 0.3) is 0 Å². The van der Waals surface area contributed by atoms with Gasteiger partial charge < -0.3 is 10.4 Å². The zero-order chi connectivity index (χ0) is 14.1. The van der Waals surface area contributed by atoms with Gasteiger partial charge in [0, 0.05) is 42.3 Å². The van der Waals surface area contributed by atoms with Crippen LogP contribution in [0.5, 0.6) is 5.75 Å². The molecule has 2 fully saturated rings. The Labute approximate surface area is 127 Å². The normalized spacial score (nSPS) is 21.9. The van der Waals surface area contributed by atoms with Crippen LogP contribution in [0.1, 0.15) is 30.9 Å². The molecule has 1 saturated carbocycles. The fourth-order valence-corrected chi connectivity index (χ4v) is 3.57. The summed E-state index contributed by atoms with van der Waals surface area (Å²) >= 11 is 3.49. The Hall–Kier alpha value is -0.650. The fraction of sp³-hybridized carbons (Fsp3) is 0.600. The van der Waals surface area contributed by atoms with Crippen LogP contribution in [0, 0.1) is 11.7 Å². The van der Waals surface area contributed by atoms with Gasteiger partial charge in [-0.2, -0.15) is 0 Å². The van der Waals surface area contributed by atoms with E-state index in [0.717, 1.165) is 48.6 Å². The first-order valence-electron chi connectivity index (χ1n) is 7.28. The average molecular weight is 343 g/mol. The summed E-state index contributed by atoms with van der Waals surface area (Å²) in [5.74, 6) is 0.00661. The van der Waals surface area contributed by atoms with E-state index in [-0.39, 0.29) is 11.8 Å². The van der Waals surface area contributed by atoms with Crippen molar-refractivity contribution in [2.45, 2.75) is 25.3 Å². The molecule has 1 saturated heterocycles. The van der Waals surface area contributed by atoms with E-state index >= 15 is 0 Å². The third-order valence-corrected chi connectivity index (χ3v) is 4.99. The maximum absolute atomic E-state index is 13.7. The molecule has 0 aromatic heterocycles. The predicted molar refractivity (Wildman–Crippen MR) is 80.3 cm³/mol. The zero-order valence-corrected chi connectivity index (χ0v) is 13.0. The number of halogens is 2. The van der Waals surface area contributed by atoms with Gasteiger partial charge in [0.2, 0.25) is 0 Å². The van der Waals surface area contributed by atoms with E-state index in [1.54, 1.807) is 6.07 Å². The van der Waals surface area contributed by atoms with Crippen molar-refractivity contribution in [2.75, 3.05) is 26.2 Å². The summed E-state index contributed by atoms with van der Waals surface area (Å²) in [5.41, 5.74) is 0.721. The van der Waals surface area contributed by atoms with Crippen molar-refractivity contribution in [3.8, 4) is 5.75 Å². The van der Waals surface area contributed by atoms with Crippen molar-refractivity contribution >= 4 is 15.9 Å². The topological polar surface area (TPSA) is 35.5 Å². The molecule has 110 valence electrons. The van der Waals surface area contributed by atoms with Crippen molar-refractivity contribution in [1.29, 1.82) is 0 Å². The fourth-order valence-electron chi connectivity index (χ4n) is 2.99. The van der Waals surface area contributed by atoms with E-state index in [4.69, 9.17) is 0 Å². The maximum Gasteiger partial charge on any atom is 0.165 e. The average Bonchev–Trinajstić information content (AvgIpc) is 3.27. The summed E-state index contributed by atoms with van der Waals surface area (Å²) in [6.07, 6.45) is 3.53. The lowest BCUT2D eigenvalue weighted by molar-refractivity contribution is 0.157. The number of piperazine rings is 1. The summed E-state index contributed by atoms with van der Waals surface area (Å²) in [6, 6.07) is 3.12. The van der Waals surface area contributed by atoms with Crippen LogP contribution in [0.2, 0.25) is 0 Å². The minimum Gasteiger partial charge on any atom is -0.505 e. The first-order chi connectivity index (χ1) is 9.66. The molecule has 0 unspecified atom stereocenters. The van der Waals surface area contributed by atoms with E-state index in [9.17, 15) is 9.50 Å². The van der Waals surface area contributed by atoms with Crippen molar-refractivity contribution in [1.82, 2.24) is 10.2 Å². The van der Waals surface area contributed by atoms with Crippen LogP contribution in [0.25, 0.3) is 0 Å². The van der Waals surface area contributed by atoms with E-state index < -0.39 is 5.82 Å². The quantitative estimate of drug-likeness (QED) is 0.882. The number of phenolic OH excluding ortho intramolecular Hbond substituents is 1. The number of hydrogen-bond acceptors (Lipinski definition) is 3. The smallest absolute Gasteiger partial charge is 0.165 e. The summed E-state index contributed by atoms with van der Waals surface area (Å²) in [6.45, 7) is 3.79. The van der Waals surface area contributed by atoms with E-state index in [1.807, 2.05) is 0 Å². The minimum atomic E-state index is -0.529. The van der Waals surface area contributed by atoms with Crippen LogP contribution in [-0.4, -0.2) is 36.2 Å². The molecule has 1 aromatic rings. The van der Waals surface area contributed by atoms with Gasteiger partial charge in [-0.25, -0.2) is 4.39 Å². The van der Waals surface area contributed by atoms with Crippen molar-refractivity contribution in [3.63, 3.8) is 0 Å². The van der Waals surface area contributed by atoms with Crippen molar-refractivity contribution < 1.29 is 9.50 Å². The van der Waals surface area contributed by atoms with Gasteiger partial charge in [-0.3, -0.25) is 4.90 Å². The predicted octanol–water partition coefficient (Wildman–Crippen LogP) is 3.04. The highest BCUT2D eigenvalue weighted by Crippen LogP contribution is 2.45. The molecular formula is C15H20BrFN2O. The molecule has 0 amide bonds. The van der Waals surface area contributed by atoms with Crippen LogP contribution in [0.4, 0.5) is 4.39 Å². The Balaban J connectivity index is 1.93. The van der Waals surface area contributed by atoms with Crippen LogP contribution < -0.4 is 5.32 Å². The molecule has 1 aliphatic heterocycles. The Bertz CT molecular complexity index is 487. The van der Waals surface area contributed by atoms with E-state index in [0.29, 0.717) is 0 Å². The molecule has 20 heavy (non-hydrogen) atoms. The minimum absolute atomic E-state index is 0.106. The van der Waals surface area contributed by atoms with E-state index in [1.165, 1.54) is 18.9 Å². The highest BCUT2D eigenvalue weighted by atomic mass is 79.9. The molecule has 1 aliphatic carbocycles. The SMILES string of the molecule is Oc1c(F)ccc(Br)c1[C@H](CC1CC1)N1CCNCC1. The number of hydrogen-bond donors (Lipinski definition) is 2. The second-order valence-corrected chi connectivity index (χ2v) is 6.63. The van der Waals surface area contributed by atoms with Gasteiger partial charge in [-0.1, -0.05) is 28.8 Å². The van der Waals surface area contributed by atoms with Crippen molar-refractivity contribution in [2.24, 2.45) is 5.92 Å². The van der Waals surface area contributed by atoms with E-state index in [2.05, 4.69) is 26.1 Å². The first-order valence-corrected chi connectivity index (χ1v) is 8.07. The number of benzene rings is 1. The van der Waals surface area contributed by atoms with Gasteiger partial charge in [-0.15, -0.1) is 0 Å². The van der Waals surface area contributed by atoms with Gasteiger partial charge in [0.05, 0.1) is 0 Å². The van der Waals surface area contributed by atoms with Crippen LogP contribution in [0.3, 0.4) is 0 Å². The lowest BCUT2D eigenvalue weighted by atomic mass is 9.97. The second-order valence-electron chi connectivity index (χ2n) is 5.77. The lowest BCUT2D eigenvalue weighted by Crippen LogP contribution is -2.45. The molecule has 1 atom stereocenters. The molecule has 0 bridgehead atoms. The Morgan fingerprint density at radius 1 is 1.35 bits per heavy atom. The number of phenols is 1. The summed E-state index contributed by atoms with van der Waals surface area (Å²) in [4.78, 5) is 2.37. The molecule has 0 radical (unpaired) electrons. The van der Waals surface area contributed by atoms with Gasteiger partial charge in [-0.05, 0) is 24.5 Å². The number of nitrogens with one attached hydrogen (secondary N) is 1. The molecule has 2 N–H and O–H groups in total. The number of rotatable bonds is 4. The molecule has 1 aromatic carbocycles. The third kappa shape index (κ3) is 3.00.